The number of ether oxygens (including phenoxy) is 1. The molecule has 6 nitrogen and oxygen atoms in total. The molecule has 0 bridgehead atoms. The predicted molar refractivity (Wildman–Crippen MR) is 141 cm³/mol. The number of rotatable bonds is 7. The largest absolute Gasteiger partial charge is 0.480 e. The average Bonchev–Trinajstić information content (AvgIpc) is 3.20. The molecule has 36 heavy (non-hydrogen) atoms. The normalized spacial score (nSPS) is 15.1. The number of nitrogens with zero attached hydrogens (tertiary/aromatic N) is 1. The summed E-state index contributed by atoms with van der Waals surface area (Å²) in [6, 6.07) is 21.7. The van der Waals surface area contributed by atoms with E-state index < -0.39 is 18.1 Å². The first-order valence-electron chi connectivity index (χ1n) is 12.6. The predicted octanol–water partition coefficient (Wildman–Crippen LogP) is 5.38. The van der Waals surface area contributed by atoms with E-state index in [-0.39, 0.29) is 18.9 Å². The van der Waals surface area contributed by atoms with E-state index in [9.17, 15) is 14.7 Å². The lowest BCUT2D eigenvalue weighted by Gasteiger charge is -2.35. The topological polar surface area (TPSA) is 78.9 Å². The molecule has 2 aliphatic rings. The second-order valence-corrected chi connectivity index (χ2v) is 9.92. The van der Waals surface area contributed by atoms with Gasteiger partial charge in [0.2, 0.25) is 0 Å². The Hall–Kier alpha value is -3.80. The zero-order valence-corrected chi connectivity index (χ0v) is 20.7. The summed E-state index contributed by atoms with van der Waals surface area (Å²) in [5, 5.41) is 12.4. The summed E-state index contributed by atoms with van der Waals surface area (Å²) in [4.78, 5) is 27.0. The van der Waals surface area contributed by atoms with Crippen LogP contribution in [-0.4, -0.2) is 42.4 Å². The van der Waals surface area contributed by atoms with Gasteiger partial charge < -0.3 is 20.1 Å². The summed E-state index contributed by atoms with van der Waals surface area (Å²) in [6.45, 7) is 5.55. The van der Waals surface area contributed by atoms with Crippen LogP contribution in [0.5, 0.6) is 0 Å². The van der Waals surface area contributed by atoms with Crippen LogP contribution >= 0.6 is 0 Å². The van der Waals surface area contributed by atoms with Gasteiger partial charge >= 0.3 is 12.1 Å². The van der Waals surface area contributed by atoms with Gasteiger partial charge in [0.15, 0.2) is 0 Å². The minimum Gasteiger partial charge on any atom is -0.480 e. The number of hydrogen-bond donors (Lipinski definition) is 2. The van der Waals surface area contributed by atoms with Gasteiger partial charge in [0.25, 0.3) is 0 Å². The van der Waals surface area contributed by atoms with Crippen LogP contribution < -0.4 is 10.2 Å². The number of aryl methyl sites for hydroxylation is 1. The molecule has 0 saturated heterocycles. The fourth-order valence-corrected chi connectivity index (χ4v) is 5.56. The Bertz CT molecular complexity index is 1240. The summed E-state index contributed by atoms with van der Waals surface area (Å²) in [5.74, 6) is -1.15. The van der Waals surface area contributed by atoms with Crippen molar-refractivity contribution in [2.24, 2.45) is 0 Å². The molecule has 1 atom stereocenters. The Morgan fingerprint density at radius 3 is 2.33 bits per heavy atom. The Morgan fingerprint density at radius 1 is 1.03 bits per heavy atom. The highest BCUT2D eigenvalue weighted by atomic mass is 16.5. The van der Waals surface area contributed by atoms with Gasteiger partial charge in [-0.2, -0.15) is 0 Å². The van der Waals surface area contributed by atoms with E-state index in [4.69, 9.17) is 4.74 Å². The van der Waals surface area contributed by atoms with Gasteiger partial charge in [-0.15, -0.1) is 0 Å². The molecule has 0 spiro atoms. The molecule has 5 rings (SSSR count). The Balaban J connectivity index is 1.25. The van der Waals surface area contributed by atoms with Crippen LogP contribution in [0.15, 0.2) is 66.7 Å². The summed E-state index contributed by atoms with van der Waals surface area (Å²) in [5.41, 5.74) is 7.87. The summed E-state index contributed by atoms with van der Waals surface area (Å²) < 4.78 is 5.57. The number of carbonyl (C=O) groups excluding carboxylic acids is 1. The second kappa shape index (κ2) is 10.1. The third-order valence-corrected chi connectivity index (χ3v) is 7.30. The maximum absolute atomic E-state index is 12.7. The number of aliphatic carboxylic acids is 1. The van der Waals surface area contributed by atoms with Crippen LogP contribution in [0.2, 0.25) is 0 Å². The number of nitrogens with one attached hydrogen (secondary N) is 1. The second-order valence-electron chi connectivity index (χ2n) is 9.92. The van der Waals surface area contributed by atoms with Gasteiger partial charge in [-0.25, -0.2) is 9.59 Å². The third kappa shape index (κ3) is 4.68. The van der Waals surface area contributed by atoms with Crippen LogP contribution in [-0.2, 0) is 22.4 Å². The van der Waals surface area contributed by atoms with E-state index in [0.717, 1.165) is 47.2 Å². The number of carboxylic acids is 1. The molecule has 1 heterocycles. The zero-order chi connectivity index (χ0) is 25.2. The van der Waals surface area contributed by atoms with Crippen molar-refractivity contribution in [2.75, 3.05) is 18.1 Å². The summed E-state index contributed by atoms with van der Waals surface area (Å²) in [6.07, 6.45) is 1.54. The molecular formula is C30H32N2O4. The molecule has 0 radical (unpaired) electrons. The highest BCUT2D eigenvalue weighted by Gasteiger charge is 2.30. The average molecular weight is 485 g/mol. The lowest BCUT2D eigenvalue weighted by atomic mass is 9.95. The Kier molecular flexibility index (Phi) is 6.68. The van der Waals surface area contributed by atoms with Gasteiger partial charge in [0, 0.05) is 30.6 Å². The fourth-order valence-electron chi connectivity index (χ4n) is 5.56. The smallest absolute Gasteiger partial charge is 0.407 e. The number of carbonyl (C=O) groups is 2. The van der Waals surface area contributed by atoms with E-state index in [1.165, 1.54) is 11.3 Å². The van der Waals surface area contributed by atoms with Crippen molar-refractivity contribution in [3.63, 3.8) is 0 Å². The van der Waals surface area contributed by atoms with Crippen LogP contribution in [0.25, 0.3) is 11.1 Å². The SMILES string of the molecule is CC(C)N1CCCc2cc(CC(NC(=O)OCC3c4ccccc4-c4ccccc43)C(=O)O)ccc21. The summed E-state index contributed by atoms with van der Waals surface area (Å²) in [7, 11) is 0. The van der Waals surface area contributed by atoms with Crippen LogP contribution in [0, 0.1) is 0 Å². The molecule has 3 aromatic carbocycles. The minimum absolute atomic E-state index is 0.0732. The fraction of sp³-hybridized carbons (Fsp3) is 0.333. The van der Waals surface area contributed by atoms with Crippen molar-refractivity contribution >= 4 is 17.7 Å². The number of alkyl carbamates (subject to hydrolysis) is 1. The molecule has 0 fully saturated rings. The van der Waals surface area contributed by atoms with Crippen molar-refractivity contribution in [3.05, 3.63) is 89.0 Å². The molecular weight excluding hydrogens is 452 g/mol. The van der Waals surface area contributed by atoms with Gasteiger partial charge in [0.05, 0.1) is 0 Å². The monoisotopic (exact) mass is 484 g/mol. The molecule has 1 aliphatic heterocycles. The lowest BCUT2D eigenvalue weighted by molar-refractivity contribution is -0.139. The molecule has 186 valence electrons. The van der Waals surface area contributed by atoms with Gasteiger partial charge in [-0.3, -0.25) is 0 Å². The molecule has 6 heteroatoms. The van der Waals surface area contributed by atoms with E-state index >= 15 is 0 Å². The molecule has 3 aromatic rings. The molecule has 0 aromatic heterocycles. The number of benzene rings is 3. The summed E-state index contributed by atoms with van der Waals surface area (Å²) >= 11 is 0. The first-order valence-corrected chi connectivity index (χ1v) is 12.6. The molecule has 2 N–H and O–H groups in total. The van der Waals surface area contributed by atoms with E-state index in [1.54, 1.807) is 0 Å². The molecule has 0 saturated carbocycles. The number of amides is 1. The Morgan fingerprint density at radius 2 is 1.69 bits per heavy atom. The highest BCUT2D eigenvalue weighted by molar-refractivity contribution is 5.81. The zero-order valence-electron chi connectivity index (χ0n) is 20.7. The number of carboxylic acid groups (broad SMARTS) is 1. The molecule has 1 unspecified atom stereocenters. The minimum atomic E-state index is -1.08. The van der Waals surface area contributed by atoms with E-state index in [1.807, 2.05) is 30.3 Å². The van der Waals surface area contributed by atoms with Crippen molar-refractivity contribution in [3.8, 4) is 11.1 Å². The van der Waals surface area contributed by atoms with Crippen LogP contribution in [0.4, 0.5) is 10.5 Å². The van der Waals surface area contributed by atoms with Gasteiger partial charge in [-0.05, 0) is 66.1 Å². The maximum atomic E-state index is 12.7. The van der Waals surface area contributed by atoms with Gasteiger partial charge in [0.1, 0.15) is 12.6 Å². The first kappa shape index (κ1) is 23.9. The maximum Gasteiger partial charge on any atom is 0.407 e. The number of hydrogen-bond acceptors (Lipinski definition) is 4. The standard InChI is InChI=1S/C30H32N2O4/c1-19(2)32-15-7-8-21-16-20(13-14-28(21)32)17-27(29(33)34)31-30(35)36-18-26-24-11-5-3-9-22(24)23-10-4-6-12-25(23)26/h3-6,9-14,16,19,26-27H,7-8,15,17-18H2,1-2H3,(H,31,35)(H,33,34). The lowest BCUT2D eigenvalue weighted by Crippen LogP contribution is -2.43. The van der Waals surface area contributed by atoms with Crippen molar-refractivity contribution < 1.29 is 19.4 Å². The van der Waals surface area contributed by atoms with Crippen molar-refractivity contribution in [1.29, 1.82) is 0 Å². The first-order chi connectivity index (χ1) is 17.4. The van der Waals surface area contributed by atoms with Crippen molar-refractivity contribution in [2.45, 2.75) is 51.1 Å². The quantitative estimate of drug-likeness (QED) is 0.471. The number of fused-ring (bicyclic) bond motifs is 4. The van der Waals surface area contributed by atoms with Crippen molar-refractivity contribution in [1.82, 2.24) is 5.32 Å². The van der Waals surface area contributed by atoms with Crippen LogP contribution in [0.1, 0.15) is 48.4 Å². The van der Waals surface area contributed by atoms with E-state index in [2.05, 4.69) is 60.5 Å². The Labute approximate surface area is 211 Å². The molecule has 1 amide bonds. The van der Waals surface area contributed by atoms with Crippen LogP contribution in [0.3, 0.4) is 0 Å². The van der Waals surface area contributed by atoms with E-state index in [0.29, 0.717) is 6.04 Å². The highest BCUT2D eigenvalue weighted by Crippen LogP contribution is 2.44. The third-order valence-electron chi connectivity index (χ3n) is 7.30. The molecule has 1 aliphatic carbocycles. The van der Waals surface area contributed by atoms with Gasteiger partial charge in [-0.1, -0.05) is 60.7 Å². The number of anilines is 1.